The summed E-state index contributed by atoms with van der Waals surface area (Å²) in [6, 6.07) is 0. The Morgan fingerprint density at radius 3 is 2.29 bits per heavy atom. The molecule has 0 amide bonds. The molecule has 0 aromatic carbocycles. The van der Waals surface area contributed by atoms with E-state index in [1.807, 2.05) is 6.92 Å². The molecule has 0 radical (unpaired) electrons. The lowest BCUT2D eigenvalue weighted by Gasteiger charge is -1.97. The zero-order valence-electron chi connectivity index (χ0n) is 4.72. The lowest BCUT2D eigenvalue weighted by molar-refractivity contribution is 0.580. The Bertz CT molecular complexity index is 110. The van der Waals surface area contributed by atoms with Crippen LogP contribution in [0.15, 0.2) is 4.76 Å². The maximum Gasteiger partial charge on any atom is 0.186 e. The average Bonchev–Trinajstić information content (AvgIpc) is 1.68. The van der Waals surface area contributed by atoms with Gasteiger partial charge in [-0.3, -0.25) is 4.57 Å². The quantitative estimate of drug-likeness (QED) is 0.401. The van der Waals surface area contributed by atoms with Crippen LogP contribution in [0.5, 0.6) is 0 Å². The van der Waals surface area contributed by atoms with Crippen LogP contribution in [0.2, 0.25) is 0 Å². The molecule has 0 N–H and O–H groups in total. The summed E-state index contributed by atoms with van der Waals surface area (Å²) in [7, 11) is -2.14. The van der Waals surface area contributed by atoms with Crippen molar-refractivity contribution in [3.8, 4) is 0 Å². The number of hydrogen-bond acceptors (Lipinski definition) is 1. The van der Waals surface area contributed by atoms with E-state index in [4.69, 9.17) is 0 Å². The summed E-state index contributed by atoms with van der Waals surface area (Å²) in [6.45, 7) is 6.66. The first-order valence-electron chi connectivity index (χ1n) is 2.17. The Balaban J connectivity index is 3.85. The van der Waals surface area contributed by atoms with Gasteiger partial charge in [0.25, 0.3) is 0 Å². The van der Waals surface area contributed by atoms with E-state index in [1.165, 1.54) is 0 Å². The van der Waals surface area contributed by atoms with Gasteiger partial charge in [-0.05, 0) is 6.72 Å². The molecule has 0 aromatic heterocycles. The fraction of sp³-hybridized carbons (Fsp3) is 0.750. The minimum atomic E-state index is -2.14. The normalized spacial score (nSPS) is 18.0. The first-order chi connectivity index (χ1) is 3.12. The predicted molar refractivity (Wildman–Crippen MR) is 33.6 cm³/mol. The van der Waals surface area contributed by atoms with Crippen LogP contribution in [0.1, 0.15) is 6.92 Å². The van der Waals surface area contributed by atoms with E-state index in [-0.39, 0.29) is 0 Å². The standard InChI is InChI=1S/C4H10NOP/c1-4-7(3,6)5-2/h2,4H2,1,3H3. The first kappa shape index (κ1) is 6.90. The summed E-state index contributed by atoms with van der Waals surface area (Å²) in [5.41, 5.74) is 0. The van der Waals surface area contributed by atoms with Crippen molar-refractivity contribution >= 4 is 14.0 Å². The molecular weight excluding hydrogens is 109 g/mol. The van der Waals surface area contributed by atoms with Crippen LogP contribution in [0.4, 0.5) is 0 Å². The van der Waals surface area contributed by atoms with E-state index < -0.39 is 7.29 Å². The summed E-state index contributed by atoms with van der Waals surface area (Å²) in [5.74, 6) is 0. The number of rotatable bonds is 2. The first-order valence-corrected chi connectivity index (χ1v) is 4.46. The molecule has 0 aliphatic carbocycles. The van der Waals surface area contributed by atoms with Crippen LogP contribution < -0.4 is 0 Å². The lowest BCUT2D eigenvalue weighted by atomic mass is 11.0. The Hall–Kier alpha value is -0.100. The van der Waals surface area contributed by atoms with Crippen molar-refractivity contribution in [2.45, 2.75) is 6.92 Å². The van der Waals surface area contributed by atoms with E-state index in [1.54, 1.807) is 6.66 Å². The van der Waals surface area contributed by atoms with Crippen molar-refractivity contribution in [1.82, 2.24) is 0 Å². The minimum absolute atomic E-state index is 0.622. The molecule has 7 heavy (non-hydrogen) atoms. The van der Waals surface area contributed by atoms with Gasteiger partial charge < -0.3 is 0 Å². The van der Waals surface area contributed by atoms with E-state index in [2.05, 4.69) is 11.5 Å². The molecule has 2 nitrogen and oxygen atoms in total. The zero-order valence-corrected chi connectivity index (χ0v) is 5.61. The number of hydrogen-bond donors (Lipinski definition) is 0. The van der Waals surface area contributed by atoms with Crippen molar-refractivity contribution in [3.63, 3.8) is 0 Å². The van der Waals surface area contributed by atoms with Gasteiger partial charge in [-0.2, -0.15) is 0 Å². The highest BCUT2D eigenvalue weighted by Crippen LogP contribution is 2.40. The Morgan fingerprint density at radius 2 is 2.29 bits per heavy atom. The summed E-state index contributed by atoms with van der Waals surface area (Å²) in [5, 5.41) is 0. The van der Waals surface area contributed by atoms with Gasteiger partial charge in [0.15, 0.2) is 7.29 Å². The molecule has 0 rings (SSSR count). The molecule has 3 heteroatoms. The van der Waals surface area contributed by atoms with Crippen molar-refractivity contribution in [1.29, 1.82) is 0 Å². The molecule has 0 aliphatic heterocycles. The third-order valence-corrected chi connectivity index (χ3v) is 2.66. The second kappa shape index (κ2) is 2.27. The summed E-state index contributed by atoms with van der Waals surface area (Å²) < 4.78 is 14.2. The van der Waals surface area contributed by atoms with Crippen LogP contribution >= 0.6 is 7.29 Å². The Kier molecular flexibility index (Phi) is 2.24. The van der Waals surface area contributed by atoms with Crippen molar-refractivity contribution in [2.75, 3.05) is 12.8 Å². The van der Waals surface area contributed by atoms with E-state index in [0.717, 1.165) is 0 Å². The highest BCUT2D eigenvalue weighted by atomic mass is 31.2. The van der Waals surface area contributed by atoms with Crippen LogP contribution in [-0.2, 0) is 4.57 Å². The topological polar surface area (TPSA) is 29.4 Å². The SMILES string of the molecule is C=NP(C)(=O)CC. The third-order valence-electron chi connectivity index (χ3n) is 0.886. The highest BCUT2D eigenvalue weighted by Gasteiger charge is 2.04. The van der Waals surface area contributed by atoms with Gasteiger partial charge in [-0.1, -0.05) is 6.92 Å². The fourth-order valence-corrected chi connectivity index (χ4v) is 0.300. The lowest BCUT2D eigenvalue weighted by Crippen LogP contribution is -1.73. The molecule has 0 aromatic rings. The molecule has 0 saturated heterocycles. The largest absolute Gasteiger partial charge is 0.299 e. The van der Waals surface area contributed by atoms with Crippen molar-refractivity contribution in [3.05, 3.63) is 0 Å². The molecule has 1 unspecified atom stereocenters. The van der Waals surface area contributed by atoms with Crippen molar-refractivity contribution < 1.29 is 4.57 Å². The van der Waals surface area contributed by atoms with Gasteiger partial charge in [0.1, 0.15) is 0 Å². The van der Waals surface area contributed by atoms with Gasteiger partial charge in [0.2, 0.25) is 0 Å². The van der Waals surface area contributed by atoms with Crippen LogP contribution in [0.3, 0.4) is 0 Å². The molecule has 42 valence electrons. The maximum atomic E-state index is 10.7. The molecule has 1 atom stereocenters. The van der Waals surface area contributed by atoms with Crippen LogP contribution in [0.25, 0.3) is 0 Å². The summed E-state index contributed by atoms with van der Waals surface area (Å²) >= 11 is 0. The monoisotopic (exact) mass is 119 g/mol. The molecule has 0 spiro atoms. The Labute approximate surface area is 44.1 Å². The predicted octanol–water partition coefficient (Wildman–Crippen LogP) is 1.61. The van der Waals surface area contributed by atoms with Gasteiger partial charge in [-0.25, -0.2) is 4.76 Å². The molecular formula is C4H10NOP. The van der Waals surface area contributed by atoms with Crippen molar-refractivity contribution in [2.24, 2.45) is 4.76 Å². The maximum absolute atomic E-state index is 10.7. The molecule has 0 heterocycles. The second-order valence-corrected chi connectivity index (χ2v) is 4.53. The van der Waals surface area contributed by atoms with Gasteiger partial charge >= 0.3 is 0 Å². The molecule has 0 aliphatic rings. The highest BCUT2D eigenvalue weighted by molar-refractivity contribution is 7.61. The zero-order chi connectivity index (χ0) is 5.91. The van der Waals surface area contributed by atoms with E-state index in [9.17, 15) is 4.57 Å². The summed E-state index contributed by atoms with van der Waals surface area (Å²) in [4.78, 5) is 0. The second-order valence-electron chi connectivity index (χ2n) is 1.51. The van der Waals surface area contributed by atoms with Crippen LogP contribution in [0, 0.1) is 0 Å². The average molecular weight is 119 g/mol. The molecule has 0 fully saturated rings. The minimum Gasteiger partial charge on any atom is -0.299 e. The molecule has 0 saturated carbocycles. The fourth-order valence-electron chi connectivity index (χ4n) is 0.1000. The van der Waals surface area contributed by atoms with E-state index >= 15 is 0 Å². The van der Waals surface area contributed by atoms with E-state index in [0.29, 0.717) is 6.16 Å². The number of nitrogens with zero attached hydrogens (tertiary/aromatic N) is 1. The van der Waals surface area contributed by atoms with Gasteiger partial charge in [0.05, 0.1) is 0 Å². The Morgan fingerprint density at radius 1 is 1.86 bits per heavy atom. The van der Waals surface area contributed by atoms with Gasteiger partial charge in [-0.15, -0.1) is 0 Å². The molecule has 0 bridgehead atoms. The van der Waals surface area contributed by atoms with Gasteiger partial charge in [0, 0.05) is 12.8 Å². The summed E-state index contributed by atoms with van der Waals surface area (Å²) in [6.07, 6.45) is 0.622. The smallest absolute Gasteiger partial charge is 0.186 e. The third kappa shape index (κ3) is 2.58. The van der Waals surface area contributed by atoms with Crippen LogP contribution in [-0.4, -0.2) is 19.5 Å².